The van der Waals surface area contributed by atoms with Gasteiger partial charge in [-0.3, -0.25) is 0 Å². The molecule has 0 saturated heterocycles. The summed E-state index contributed by atoms with van der Waals surface area (Å²) in [6, 6.07) is 13.0. The van der Waals surface area contributed by atoms with Gasteiger partial charge < -0.3 is 10.6 Å². The van der Waals surface area contributed by atoms with Crippen molar-refractivity contribution in [3.63, 3.8) is 0 Å². The van der Waals surface area contributed by atoms with Gasteiger partial charge in [0.15, 0.2) is 0 Å². The van der Waals surface area contributed by atoms with E-state index in [2.05, 4.69) is 28.8 Å². The molecule has 1 atom stereocenters. The Labute approximate surface area is 130 Å². The number of amides is 2. The van der Waals surface area contributed by atoms with Gasteiger partial charge in [0, 0.05) is 0 Å². The van der Waals surface area contributed by atoms with Crippen LogP contribution in [0.3, 0.4) is 0 Å². The van der Waals surface area contributed by atoms with Crippen molar-refractivity contribution >= 4 is 23.3 Å². The summed E-state index contributed by atoms with van der Waals surface area (Å²) in [5.74, 6) is 0. The van der Waals surface area contributed by atoms with Crippen molar-refractivity contribution in [3.05, 3.63) is 64.2 Å². The molecule has 0 radical (unpaired) electrons. The molecule has 4 heteroatoms. The maximum Gasteiger partial charge on any atom is 0.319 e. The van der Waals surface area contributed by atoms with E-state index in [1.165, 1.54) is 5.56 Å². The van der Waals surface area contributed by atoms with Crippen LogP contribution in [0.15, 0.2) is 42.5 Å². The lowest BCUT2D eigenvalue weighted by atomic mass is 10.0. The zero-order valence-corrected chi connectivity index (χ0v) is 13.2. The van der Waals surface area contributed by atoms with Crippen LogP contribution < -0.4 is 10.6 Å². The molecule has 21 heavy (non-hydrogen) atoms. The normalized spacial score (nSPS) is 11.8. The van der Waals surface area contributed by atoms with Crippen LogP contribution in [0.25, 0.3) is 0 Å². The smallest absolute Gasteiger partial charge is 0.319 e. The molecule has 0 fully saturated rings. The summed E-state index contributed by atoms with van der Waals surface area (Å²) in [6.45, 7) is 6.05. The van der Waals surface area contributed by atoms with Gasteiger partial charge in [-0.25, -0.2) is 4.79 Å². The van der Waals surface area contributed by atoms with Crippen molar-refractivity contribution in [2.24, 2.45) is 0 Å². The van der Waals surface area contributed by atoms with Gasteiger partial charge in [-0.15, -0.1) is 0 Å². The molecule has 2 rings (SSSR count). The largest absolute Gasteiger partial charge is 0.331 e. The number of hydrogen-bond acceptors (Lipinski definition) is 1. The molecule has 2 N–H and O–H groups in total. The van der Waals surface area contributed by atoms with Crippen molar-refractivity contribution in [2.75, 3.05) is 5.32 Å². The van der Waals surface area contributed by atoms with E-state index < -0.39 is 0 Å². The molecule has 2 amide bonds. The van der Waals surface area contributed by atoms with Gasteiger partial charge in [0.25, 0.3) is 0 Å². The summed E-state index contributed by atoms with van der Waals surface area (Å²) < 4.78 is 0. The molecule has 2 aromatic carbocycles. The molecule has 0 spiro atoms. The van der Waals surface area contributed by atoms with Crippen LogP contribution >= 0.6 is 11.6 Å². The highest BCUT2D eigenvalue weighted by Gasteiger charge is 2.12. The number of para-hydroxylation sites is 1. The second-order valence-corrected chi connectivity index (χ2v) is 5.57. The Kier molecular flexibility index (Phi) is 4.86. The van der Waals surface area contributed by atoms with Gasteiger partial charge in [-0.1, -0.05) is 47.5 Å². The lowest BCUT2D eigenvalue weighted by molar-refractivity contribution is 0.249. The number of carbonyl (C=O) groups excluding carboxylic acids is 1. The van der Waals surface area contributed by atoms with Crippen molar-refractivity contribution in [3.8, 4) is 0 Å². The maximum atomic E-state index is 12.1. The predicted octanol–water partition coefficient (Wildman–Crippen LogP) is 4.84. The van der Waals surface area contributed by atoms with E-state index in [-0.39, 0.29) is 12.1 Å². The fraction of sp³-hybridized carbons (Fsp3) is 0.235. The Morgan fingerprint density at radius 2 is 1.86 bits per heavy atom. The molecule has 0 aromatic heterocycles. The summed E-state index contributed by atoms with van der Waals surface area (Å²) >= 11 is 6.03. The zero-order chi connectivity index (χ0) is 15.4. The van der Waals surface area contributed by atoms with Crippen molar-refractivity contribution < 1.29 is 4.79 Å². The second-order valence-electron chi connectivity index (χ2n) is 5.16. The first-order valence-corrected chi connectivity index (χ1v) is 7.24. The number of anilines is 1. The topological polar surface area (TPSA) is 41.1 Å². The van der Waals surface area contributed by atoms with Gasteiger partial charge in [-0.05, 0) is 44.0 Å². The maximum absolute atomic E-state index is 12.1. The highest BCUT2D eigenvalue weighted by molar-refractivity contribution is 6.33. The lowest BCUT2D eigenvalue weighted by Crippen LogP contribution is -2.31. The third kappa shape index (κ3) is 3.99. The molecule has 0 bridgehead atoms. The van der Waals surface area contributed by atoms with Crippen molar-refractivity contribution in [2.45, 2.75) is 26.8 Å². The van der Waals surface area contributed by atoms with Gasteiger partial charge in [0.05, 0.1) is 16.8 Å². The van der Waals surface area contributed by atoms with E-state index in [9.17, 15) is 4.79 Å². The molecule has 0 saturated carbocycles. The number of benzene rings is 2. The molecule has 0 aliphatic heterocycles. The van der Waals surface area contributed by atoms with Crippen LogP contribution in [0.2, 0.25) is 5.02 Å². The molecule has 0 aliphatic rings. The quantitative estimate of drug-likeness (QED) is 0.837. The first kappa shape index (κ1) is 15.4. The van der Waals surface area contributed by atoms with Crippen LogP contribution in [0.1, 0.15) is 29.7 Å². The fourth-order valence-corrected chi connectivity index (χ4v) is 2.40. The third-order valence-corrected chi connectivity index (χ3v) is 3.70. The molecule has 0 heterocycles. The van der Waals surface area contributed by atoms with Gasteiger partial charge in [0.2, 0.25) is 0 Å². The number of carbonyl (C=O) groups is 1. The highest BCUT2D eigenvalue weighted by atomic mass is 35.5. The zero-order valence-electron chi connectivity index (χ0n) is 12.4. The number of rotatable bonds is 3. The van der Waals surface area contributed by atoms with E-state index in [1.807, 2.05) is 32.9 Å². The van der Waals surface area contributed by atoms with Crippen LogP contribution in [0, 0.1) is 13.8 Å². The minimum Gasteiger partial charge on any atom is -0.331 e. The summed E-state index contributed by atoms with van der Waals surface area (Å²) in [7, 11) is 0. The SMILES string of the molecule is Cc1ccc(C)c(C(C)NC(=O)Nc2ccccc2Cl)c1. The average molecular weight is 303 g/mol. The van der Waals surface area contributed by atoms with Gasteiger partial charge in [0.1, 0.15) is 0 Å². The monoisotopic (exact) mass is 302 g/mol. The van der Waals surface area contributed by atoms with Crippen LogP contribution in [-0.2, 0) is 0 Å². The fourth-order valence-electron chi connectivity index (χ4n) is 2.22. The molecular weight excluding hydrogens is 284 g/mol. The molecular formula is C17H19ClN2O. The predicted molar refractivity (Wildman–Crippen MR) is 87.9 cm³/mol. The highest BCUT2D eigenvalue weighted by Crippen LogP contribution is 2.22. The van der Waals surface area contributed by atoms with E-state index in [0.717, 1.165) is 11.1 Å². The number of hydrogen-bond donors (Lipinski definition) is 2. The Morgan fingerprint density at radius 1 is 1.14 bits per heavy atom. The summed E-state index contributed by atoms with van der Waals surface area (Å²) in [5, 5.41) is 6.21. The minimum atomic E-state index is -0.267. The molecule has 0 aliphatic carbocycles. The van der Waals surface area contributed by atoms with Gasteiger partial charge in [-0.2, -0.15) is 0 Å². The summed E-state index contributed by atoms with van der Waals surface area (Å²) in [4.78, 5) is 12.1. The lowest BCUT2D eigenvalue weighted by Gasteiger charge is -2.18. The van der Waals surface area contributed by atoms with Crippen molar-refractivity contribution in [1.29, 1.82) is 0 Å². The number of urea groups is 1. The molecule has 3 nitrogen and oxygen atoms in total. The van der Waals surface area contributed by atoms with E-state index in [4.69, 9.17) is 11.6 Å². The van der Waals surface area contributed by atoms with Gasteiger partial charge >= 0.3 is 6.03 Å². The van der Waals surface area contributed by atoms with Crippen LogP contribution in [-0.4, -0.2) is 6.03 Å². The summed E-state index contributed by atoms with van der Waals surface area (Å²) in [5.41, 5.74) is 4.05. The van der Waals surface area contributed by atoms with Crippen molar-refractivity contribution in [1.82, 2.24) is 5.32 Å². The molecule has 110 valence electrons. The Balaban J connectivity index is 2.06. The van der Waals surface area contributed by atoms with E-state index in [1.54, 1.807) is 12.1 Å². The average Bonchev–Trinajstić information content (AvgIpc) is 2.44. The Morgan fingerprint density at radius 3 is 2.57 bits per heavy atom. The van der Waals surface area contributed by atoms with E-state index in [0.29, 0.717) is 10.7 Å². The second kappa shape index (κ2) is 6.64. The van der Waals surface area contributed by atoms with Crippen LogP contribution in [0.5, 0.6) is 0 Å². The first-order chi connectivity index (χ1) is 9.97. The Hall–Kier alpha value is -2.00. The third-order valence-electron chi connectivity index (χ3n) is 3.37. The number of halogens is 1. The molecule has 2 aromatic rings. The number of aryl methyl sites for hydroxylation is 2. The minimum absolute atomic E-state index is 0.0765. The van der Waals surface area contributed by atoms with E-state index >= 15 is 0 Å². The summed E-state index contributed by atoms with van der Waals surface area (Å²) in [6.07, 6.45) is 0. The van der Waals surface area contributed by atoms with Crippen LogP contribution in [0.4, 0.5) is 10.5 Å². The molecule has 1 unspecified atom stereocenters. The Bertz CT molecular complexity index is 655. The number of nitrogens with one attached hydrogen (secondary N) is 2. The first-order valence-electron chi connectivity index (χ1n) is 6.86. The standard InChI is InChI=1S/C17H19ClN2O/c1-11-8-9-12(2)14(10-11)13(3)19-17(21)20-16-7-5-4-6-15(16)18/h4-10,13H,1-3H3,(H2,19,20,21).